The largest absolute Gasteiger partial charge is 0.382 e. The summed E-state index contributed by atoms with van der Waals surface area (Å²) in [6.07, 6.45) is 3.34. The highest BCUT2D eigenvalue weighted by molar-refractivity contribution is 5.42. The maximum Gasteiger partial charge on any atom is 0.149 e. The van der Waals surface area contributed by atoms with E-state index in [9.17, 15) is 0 Å². The number of aromatic nitrogens is 2. The maximum atomic E-state index is 5.70. The van der Waals surface area contributed by atoms with Crippen molar-refractivity contribution in [3.8, 4) is 0 Å². The van der Waals surface area contributed by atoms with Crippen LogP contribution in [0.1, 0.15) is 11.6 Å². The molecule has 0 bridgehead atoms. The van der Waals surface area contributed by atoms with Crippen LogP contribution in [0.25, 0.3) is 0 Å². The van der Waals surface area contributed by atoms with Gasteiger partial charge < -0.3 is 16.0 Å². The van der Waals surface area contributed by atoms with Crippen LogP contribution in [0.5, 0.6) is 0 Å². The van der Waals surface area contributed by atoms with Crippen LogP contribution in [-0.4, -0.2) is 29.6 Å². The third-order valence-electron chi connectivity index (χ3n) is 3.34. The van der Waals surface area contributed by atoms with E-state index >= 15 is 0 Å². The quantitative estimate of drug-likeness (QED) is 0.844. The Balaban J connectivity index is 1.78. The average molecular weight is 255 g/mol. The Kier molecular flexibility index (Phi) is 3.29. The van der Waals surface area contributed by atoms with Crippen LogP contribution in [0.4, 0.5) is 11.6 Å². The number of anilines is 2. The molecule has 3 rings (SSSR count). The molecule has 1 saturated heterocycles. The molecular weight excluding hydrogens is 238 g/mol. The molecule has 1 aliphatic heterocycles. The van der Waals surface area contributed by atoms with Crippen LogP contribution in [0, 0.1) is 0 Å². The van der Waals surface area contributed by atoms with Crippen LogP contribution in [0.2, 0.25) is 0 Å². The van der Waals surface area contributed by atoms with Gasteiger partial charge in [0.15, 0.2) is 0 Å². The van der Waals surface area contributed by atoms with Crippen molar-refractivity contribution in [3.63, 3.8) is 0 Å². The molecular formula is C14H17N5. The first-order valence-electron chi connectivity index (χ1n) is 6.44. The summed E-state index contributed by atoms with van der Waals surface area (Å²) in [6.45, 7) is 2.72. The lowest BCUT2D eigenvalue weighted by atomic mass is 10.0. The van der Waals surface area contributed by atoms with E-state index < -0.39 is 0 Å². The summed E-state index contributed by atoms with van der Waals surface area (Å²) in [5.41, 5.74) is 6.99. The van der Waals surface area contributed by atoms with Crippen molar-refractivity contribution in [2.24, 2.45) is 0 Å². The molecule has 0 aliphatic carbocycles. The third-order valence-corrected chi connectivity index (χ3v) is 3.34. The van der Waals surface area contributed by atoms with Crippen LogP contribution in [0.15, 0.2) is 42.7 Å². The van der Waals surface area contributed by atoms with Gasteiger partial charge in [-0.25, -0.2) is 4.98 Å². The van der Waals surface area contributed by atoms with Crippen molar-refractivity contribution >= 4 is 11.6 Å². The van der Waals surface area contributed by atoms with Crippen molar-refractivity contribution < 1.29 is 0 Å². The highest BCUT2D eigenvalue weighted by atomic mass is 15.3. The van der Waals surface area contributed by atoms with E-state index in [2.05, 4.69) is 44.5 Å². The van der Waals surface area contributed by atoms with Gasteiger partial charge in [0.25, 0.3) is 0 Å². The summed E-state index contributed by atoms with van der Waals surface area (Å²) in [5.74, 6) is 1.31. The highest BCUT2D eigenvalue weighted by Crippen LogP contribution is 2.20. The molecule has 19 heavy (non-hydrogen) atoms. The van der Waals surface area contributed by atoms with Gasteiger partial charge >= 0.3 is 0 Å². The zero-order chi connectivity index (χ0) is 13.1. The van der Waals surface area contributed by atoms with Crippen molar-refractivity contribution in [3.05, 3.63) is 48.3 Å². The molecule has 1 aromatic carbocycles. The van der Waals surface area contributed by atoms with Crippen molar-refractivity contribution in [1.29, 1.82) is 0 Å². The molecule has 1 unspecified atom stereocenters. The van der Waals surface area contributed by atoms with Crippen LogP contribution in [0.3, 0.4) is 0 Å². The summed E-state index contributed by atoms with van der Waals surface area (Å²) in [5, 5.41) is 3.53. The molecule has 3 N–H and O–H groups in total. The predicted octanol–water partition coefficient (Wildman–Crippen LogP) is 1.21. The van der Waals surface area contributed by atoms with Crippen molar-refractivity contribution in [2.75, 3.05) is 30.3 Å². The van der Waals surface area contributed by atoms with Gasteiger partial charge in [-0.15, -0.1) is 0 Å². The average Bonchev–Trinajstić information content (AvgIpc) is 2.48. The van der Waals surface area contributed by atoms with E-state index in [1.165, 1.54) is 5.56 Å². The van der Waals surface area contributed by atoms with Gasteiger partial charge in [-0.05, 0) is 5.56 Å². The summed E-state index contributed by atoms with van der Waals surface area (Å²) >= 11 is 0. The lowest BCUT2D eigenvalue weighted by molar-refractivity contribution is 0.469. The minimum Gasteiger partial charge on any atom is -0.382 e. The normalized spacial score (nSPS) is 19.4. The first-order chi connectivity index (χ1) is 9.33. The molecule has 0 radical (unpaired) electrons. The number of benzene rings is 1. The minimum absolute atomic E-state index is 0.318. The van der Waals surface area contributed by atoms with Crippen LogP contribution in [-0.2, 0) is 0 Å². The predicted molar refractivity (Wildman–Crippen MR) is 75.8 cm³/mol. The Morgan fingerprint density at radius 1 is 1.21 bits per heavy atom. The standard InChI is InChI=1S/C14H17N5/c15-13-8-16-9-14(18-13)19-7-6-17-12(10-19)11-4-2-1-3-5-11/h1-5,8-9,12,17H,6-7,10H2,(H2,15,18). The first-order valence-corrected chi connectivity index (χ1v) is 6.44. The fraction of sp³-hybridized carbons (Fsp3) is 0.286. The lowest BCUT2D eigenvalue weighted by Gasteiger charge is -2.34. The monoisotopic (exact) mass is 255 g/mol. The second kappa shape index (κ2) is 5.24. The lowest BCUT2D eigenvalue weighted by Crippen LogP contribution is -2.46. The highest BCUT2D eigenvalue weighted by Gasteiger charge is 2.21. The maximum absolute atomic E-state index is 5.70. The van der Waals surface area contributed by atoms with Crippen molar-refractivity contribution in [1.82, 2.24) is 15.3 Å². The Morgan fingerprint density at radius 3 is 2.84 bits per heavy atom. The number of nitrogens with zero attached hydrogens (tertiary/aromatic N) is 3. The Bertz CT molecular complexity index is 543. The summed E-state index contributed by atoms with van der Waals surface area (Å²) in [4.78, 5) is 10.7. The van der Waals surface area contributed by atoms with Gasteiger partial charge in [-0.2, -0.15) is 0 Å². The second-order valence-corrected chi connectivity index (χ2v) is 4.67. The number of hydrogen-bond donors (Lipinski definition) is 2. The summed E-state index contributed by atoms with van der Waals surface area (Å²) in [6, 6.07) is 10.8. The van der Waals surface area contributed by atoms with Gasteiger partial charge in [0, 0.05) is 25.7 Å². The number of hydrogen-bond acceptors (Lipinski definition) is 5. The van der Waals surface area contributed by atoms with Crippen LogP contribution < -0.4 is 16.0 Å². The molecule has 0 spiro atoms. The molecule has 1 aliphatic rings. The zero-order valence-corrected chi connectivity index (χ0v) is 10.7. The fourth-order valence-electron chi connectivity index (χ4n) is 2.39. The van der Waals surface area contributed by atoms with E-state index in [0.717, 1.165) is 25.5 Å². The molecule has 0 amide bonds. The molecule has 2 heterocycles. The van der Waals surface area contributed by atoms with Crippen LogP contribution >= 0.6 is 0 Å². The molecule has 5 nitrogen and oxygen atoms in total. The van der Waals surface area contributed by atoms with Gasteiger partial charge in [-0.3, -0.25) is 4.98 Å². The van der Waals surface area contributed by atoms with E-state index in [1.807, 2.05) is 6.07 Å². The number of nitrogens with one attached hydrogen (secondary N) is 1. The Hall–Kier alpha value is -2.14. The van der Waals surface area contributed by atoms with E-state index in [4.69, 9.17) is 5.73 Å². The molecule has 5 heteroatoms. The first kappa shape index (κ1) is 11.9. The van der Waals surface area contributed by atoms with E-state index in [-0.39, 0.29) is 0 Å². The van der Waals surface area contributed by atoms with E-state index in [0.29, 0.717) is 11.9 Å². The Labute approximate surface area is 112 Å². The molecule has 0 saturated carbocycles. The SMILES string of the molecule is Nc1cncc(N2CCNC(c3ccccc3)C2)n1. The molecule has 1 fully saturated rings. The number of rotatable bonds is 2. The summed E-state index contributed by atoms with van der Waals surface area (Å²) < 4.78 is 0. The van der Waals surface area contributed by atoms with E-state index in [1.54, 1.807) is 12.4 Å². The fourth-order valence-corrected chi connectivity index (χ4v) is 2.39. The third kappa shape index (κ3) is 2.66. The summed E-state index contributed by atoms with van der Waals surface area (Å²) in [7, 11) is 0. The van der Waals surface area contributed by atoms with Crippen molar-refractivity contribution in [2.45, 2.75) is 6.04 Å². The van der Waals surface area contributed by atoms with Gasteiger partial charge in [-0.1, -0.05) is 30.3 Å². The zero-order valence-electron chi connectivity index (χ0n) is 10.7. The molecule has 1 aromatic heterocycles. The van der Waals surface area contributed by atoms with Gasteiger partial charge in [0.1, 0.15) is 11.6 Å². The molecule has 1 atom stereocenters. The minimum atomic E-state index is 0.318. The number of nitrogen functional groups attached to an aromatic ring is 1. The van der Waals surface area contributed by atoms with Gasteiger partial charge in [0.05, 0.1) is 12.4 Å². The topological polar surface area (TPSA) is 67.1 Å². The Morgan fingerprint density at radius 2 is 2.05 bits per heavy atom. The number of nitrogens with two attached hydrogens (primary N) is 1. The number of piperazine rings is 1. The molecule has 98 valence electrons. The van der Waals surface area contributed by atoms with Gasteiger partial charge in [0.2, 0.25) is 0 Å². The second-order valence-electron chi connectivity index (χ2n) is 4.67. The molecule has 2 aromatic rings. The smallest absolute Gasteiger partial charge is 0.149 e.